The lowest BCUT2D eigenvalue weighted by molar-refractivity contribution is -0.115. The van der Waals surface area contributed by atoms with Crippen molar-refractivity contribution < 1.29 is 14.3 Å². The summed E-state index contributed by atoms with van der Waals surface area (Å²) >= 11 is 0. The number of carbonyl (C=O) groups is 1. The van der Waals surface area contributed by atoms with E-state index < -0.39 is 0 Å². The molecular formula is C26H26N2O3. The summed E-state index contributed by atoms with van der Waals surface area (Å²) in [7, 11) is 3.29. The summed E-state index contributed by atoms with van der Waals surface area (Å²) in [5.41, 5.74) is 5.11. The first-order valence-corrected chi connectivity index (χ1v) is 10.2. The minimum absolute atomic E-state index is 0.0326. The third-order valence-corrected chi connectivity index (χ3v) is 5.32. The van der Waals surface area contributed by atoms with Gasteiger partial charge in [-0.05, 0) is 48.4 Å². The fraction of sp³-hybridized carbons (Fsp3) is 0.192. The van der Waals surface area contributed by atoms with Crippen molar-refractivity contribution in [1.82, 2.24) is 4.57 Å². The number of aryl methyl sites for hydroxylation is 1. The fourth-order valence-corrected chi connectivity index (χ4v) is 3.76. The van der Waals surface area contributed by atoms with Crippen molar-refractivity contribution in [2.24, 2.45) is 0 Å². The Balaban J connectivity index is 1.60. The highest BCUT2D eigenvalue weighted by molar-refractivity contribution is 5.96. The first-order valence-electron chi connectivity index (χ1n) is 10.2. The Hall–Kier alpha value is -3.73. The van der Waals surface area contributed by atoms with E-state index >= 15 is 0 Å². The second kappa shape index (κ2) is 8.96. The zero-order valence-corrected chi connectivity index (χ0v) is 18.0. The number of nitrogens with zero attached hydrogens (tertiary/aromatic N) is 1. The summed E-state index contributed by atoms with van der Waals surface area (Å²) in [6, 6.07) is 21.8. The molecule has 31 heavy (non-hydrogen) atoms. The predicted octanol–water partition coefficient (Wildman–Crippen LogP) is 5.20. The van der Waals surface area contributed by atoms with E-state index in [0.717, 1.165) is 44.8 Å². The molecule has 0 aliphatic carbocycles. The number of aromatic nitrogens is 1. The normalized spacial score (nSPS) is 10.8. The second-order valence-corrected chi connectivity index (χ2v) is 7.61. The Morgan fingerprint density at radius 2 is 1.61 bits per heavy atom. The topological polar surface area (TPSA) is 52.5 Å². The number of methoxy groups -OCH3 is 2. The number of carbonyl (C=O) groups excluding carboxylic acids is 1. The number of hydrogen-bond acceptors (Lipinski definition) is 3. The number of rotatable bonds is 7. The van der Waals surface area contributed by atoms with Crippen LogP contribution in [0.3, 0.4) is 0 Å². The standard InChI is InChI=1S/C26H26N2O3/c1-18-8-10-21(11-9-18)27-26(29)14-20-17-28(25-7-5-4-6-24(20)25)16-19-12-22(30-2)15-23(13-19)31-3/h4-13,15,17H,14,16H2,1-3H3,(H,27,29). The van der Waals surface area contributed by atoms with Crippen LogP contribution in [0.1, 0.15) is 16.7 Å². The lowest BCUT2D eigenvalue weighted by Gasteiger charge is -2.10. The number of ether oxygens (including phenoxy) is 2. The van der Waals surface area contributed by atoms with Gasteiger partial charge < -0.3 is 19.4 Å². The van der Waals surface area contributed by atoms with Gasteiger partial charge >= 0.3 is 0 Å². The summed E-state index contributed by atoms with van der Waals surface area (Å²) in [5, 5.41) is 4.07. The average Bonchev–Trinajstić information content (AvgIpc) is 3.12. The van der Waals surface area contributed by atoms with E-state index in [1.807, 2.05) is 61.5 Å². The fourth-order valence-electron chi connectivity index (χ4n) is 3.76. The molecule has 0 spiro atoms. The molecule has 5 nitrogen and oxygen atoms in total. The molecule has 4 aromatic rings. The van der Waals surface area contributed by atoms with Gasteiger partial charge in [-0.15, -0.1) is 0 Å². The van der Waals surface area contributed by atoms with Crippen LogP contribution in [0.25, 0.3) is 10.9 Å². The predicted molar refractivity (Wildman–Crippen MR) is 124 cm³/mol. The molecule has 0 saturated carbocycles. The Kier molecular flexibility index (Phi) is 5.94. The summed E-state index contributed by atoms with van der Waals surface area (Å²) in [5.74, 6) is 1.47. The number of benzene rings is 3. The van der Waals surface area contributed by atoms with Crippen LogP contribution >= 0.6 is 0 Å². The van der Waals surface area contributed by atoms with Gasteiger partial charge in [0, 0.05) is 35.4 Å². The van der Waals surface area contributed by atoms with Crippen LogP contribution < -0.4 is 14.8 Å². The molecule has 0 fully saturated rings. The van der Waals surface area contributed by atoms with Gasteiger partial charge in [0.25, 0.3) is 0 Å². The molecule has 0 atom stereocenters. The quantitative estimate of drug-likeness (QED) is 0.452. The molecule has 0 aliphatic rings. The maximum atomic E-state index is 12.7. The number of nitrogens with one attached hydrogen (secondary N) is 1. The largest absolute Gasteiger partial charge is 0.497 e. The van der Waals surface area contributed by atoms with Crippen LogP contribution in [0.2, 0.25) is 0 Å². The Morgan fingerprint density at radius 3 is 2.29 bits per heavy atom. The zero-order chi connectivity index (χ0) is 21.8. The number of para-hydroxylation sites is 1. The van der Waals surface area contributed by atoms with Gasteiger partial charge in [0.05, 0.1) is 20.6 Å². The Labute approximate surface area is 182 Å². The number of hydrogen-bond donors (Lipinski definition) is 1. The number of amides is 1. The third kappa shape index (κ3) is 4.72. The summed E-state index contributed by atoms with van der Waals surface area (Å²) in [6.45, 7) is 2.67. The summed E-state index contributed by atoms with van der Waals surface area (Å²) in [6.07, 6.45) is 2.37. The van der Waals surface area contributed by atoms with E-state index in [4.69, 9.17) is 9.47 Å². The smallest absolute Gasteiger partial charge is 0.228 e. The maximum Gasteiger partial charge on any atom is 0.228 e. The van der Waals surface area contributed by atoms with Crippen molar-refractivity contribution in [3.05, 3.63) is 89.6 Å². The molecule has 1 aromatic heterocycles. The van der Waals surface area contributed by atoms with Crippen molar-refractivity contribution in [3.8, 4) is 11.5 Å². The van der Waals surface area contributed by atoms with Gasteiger partial charge in [0.1, 0.15) is 11.5 Å². The van der Waals surface area contributed by atoms with E-state index in [9.17, 15) is 4.79 Å². The van der Waals surface area contributed by atoms with E-state index in [2.05, 4.69) is 28.2 Å². The first kappa shape index (κ1) is 20.5. The lowest BCUT2D eigenvalue weighted by Crippen LogP contribution is -2.14. The number of fused-ring (bicyclic) bond motifs is 1. The molecule has 0 bridgehead atoms. The zero-order valence-electron chi connectivity index (χ0n) is 18.0. The van der Waals surface area contributed by atoms with Crippen LogP contribution in [0.5, 0.6) is 11.5 Å². The van der Waals surface area contributed by atoms with Crippen LogP contribution in [0, 0.1) is 6.92 Å². The molecule has 0 unspecified atom stereocenters. The maximum absolute atomic E-state index is 12.7. The van der Waals surface area contributed by atoms with Crippen LogP contribution in [-0.2, 0) is 17.8 Å². The second-order valence-electron chi connectivity index (χ2n) is 7.61. The number of anilines is 1. The van der Waals surface area contributed by atoms with Crippen molar-refractivity contribution >= 4 is 22.5 Å². The molecule has 0 aliphatic heterocycles. The van der Waals surface area contributed by atoms with Gasteiger partial charge in [0.2, 0.25) is 5.91 Å². The average molecular weight is 415 g/mol. The van der Waals surface area contributed by atoms with E-state index in [0.29, 0.717) is 13.0 Å². The Bertz CT molecular complexity index is 1190. The summed E-state index contributed by atoms with van der Waals surface area (Å²) < 4.78 is 13.0. The monoisotopic (exact) mass is 414 g/mol. The van der Waals surface area contributed by atoms with Gasteiger partial charge in [-0.25, -0.2) is 0 Å². The molecule has 5 heteroatoms. The van der Waals surface area contributed by atoms with Crippen molar-refractivity contribution in [2.45, 2.75) is 19.9 Å². The highest BCUT2D eigenvalue weighted by atomic mass is 16.5. The van der Waals surface area contributed by atoms with Crippen molar-refractivity contribution in [1.29, 1.82) is 0 Å². The van der Waals surface area contributed by atoms with Crippen LogP contribution in [0.15, 0.2) is 72.9 Å². The molecular weight excluding hydrogens is 388 g/mol. The molecule has 158 valence electrons. The van der Waals surface area contributed by atoms with E-state index in [1.165, 1.54) is 0 Å². The summed E-state index contributed by atoms with van der Waals surface area (Å²) in [4.78, 5) is 12.7. The van der Waals surface area contributed by atoms with Gasteiger partial charge in [0.15, 0.2) is 0 Å². The van der Waals surface area contributed by atoms with Gasteiger partial charge in [-0.2, -0.15) is 0 Å². The van der Waals surface area contributed by atoms with Crippen molar-refractivity contribution in [2.75, 3.05) is 19.5 Å². The third-order valence-electron chi connectivity index (χ3n) is 5.32. The van der Waals surface area contributed by atoms with E-state index in [-0.39, 0.29) is 5.91 Å². The molecule has 1 heterocycles. The molecule has 1 amide bonds. The molecule has 3 aromatic carbocycles. The van der Waals surface area contributed by atoms with Crippen LogP contribution in [0.4, 0.5) is 5.69 Å². The minimum atomic E-state index is -0.0326. The molecule has 0 radical (unpaired) electrons. The molecule has 4 rings (SSSR count). The van der Waals surface area contributed by atoms with Crippen molar-refractivity contribution in [3.63, 3.8) is 0 Å². The lowest BCUT2D eigenvalue weighted by atomic mass is 10.1. The SMILES string of the molecule is COc1cc(Cn2cc(CC(=O)Nc3ccc(C)cc3)c3ccccc32)cc(OC)c1. The van der Waals surface area contributed by atoms with Gasteiger partial charge in [-0.1, -0.05) is 35.9 Å². The molecule has 1 N–H and O–H groups in total. The Morgan fingerprint density at radius 1 is 0.935 bits per heavy atom. The highest BCUT2D eigenvalue weighted by Crippen LogP contribution is 2.27. The highest BCUT2D eigenvalue weighted by Gasteiger charge is 2.13. The van der Waals surface area contributed by atoms with Crippen LogP contribution in [-0.4, -0.2) is 24.7 Å². The van der Waals surface area contributed by atoms with E-state index in [1.54, 1.807) is 14.2 Å². The van der Waals surface area contributed by atoms with Gasteiger partial charge in [-0.3, -0.25) is 4.79 Å². The first-order chi connectivity index (χ1) is 15.1. The minimum Gasteiger partial charge on any atom is -0.497 e. The molecule has 0 saturated heterocycles.